The number of unbranched alkanes of at least 4 members (excludes halogenated alkanes) is 16. The van der Waals surface area contributed by atoms with E-state index in [4.69, 9.17) is 5.41 Å². The summed E-state index contributed by atoms with van der Waals surface area (Å²) in [6, 6.07) is 3.17. The third kappa shape index (κ3) is 10.9. The molecular formula is C31H51N3O2. The molecule has 0 saturated carbocycles. The molecule has 0 aliphatic carbocycles. The quantitative estimate of drug-likeness (QED) is 0.125. The summed E-state index contributed by atoms with van der Waals surface area (Å²) in [4.78, 5) is 21.9. The molecule has 0 amide bonds. The second kappa shape index (κ2) is 18.2. The number of hydrogen-bond donors (Lipinski definition) is 2. The largest absolute Gasteiger partial charge is 0.507 e. The van der Waals surface area contributed by atoms with Crippen LogP contribution in [0.1, 0.15) is 153 Å². The molecule has 5 heteroatoms. The van der Waals surface area contributed by atoms with Crippen molar-refractivity contribution in [1.29, 1.82) is 5.41 Å². The number of ketones is 1. The molecule has 1 aromatic carbocycles. The van der Waals surface area contributed by atoms with Crippen LogP contribution in [-0.2, 0) is 0 Å². The van der Waals surface area contributed by atoms with Crippen LogP contribution in [0, 0.1) is 11.3 Å². The smallest absolute Gasteiger partial charge is 0.243 e. The van der Waals surface area contributed by atoms with Crippen LogP contribution in [0.25, 0.3) is 0 Å². The highest BCUT2D eigenvalue weighted by molar-refractivity contribution is 6.00. The molecule has 0 fully saturated rings. The van der Waals surface area contributed by atoms with Crippen molar-refractivity contribution in [3.05, 3.63) is 28.4 Å². The van der Waals surface area contributed by atoms with Crippen LogP contribution >= 0.6 is 0 Å². The van der Waals surface area contributed by atoms with Crippen molar-refractivity contribution in [1.82, 2.24) is 0 Å². The number of phenols is 1. The number of nitrogens with zero attached hydrogens (tertiary/aromatic N) is 2. The summed E-state index contributed by atoms with van der Waals surface area (Å²) in [6.07, 6.45) is 24.5. The van der Waals surface area contributed by atoms with Gasteiger partial charge in [-0.3, -0.25) is 10.2 Å². The van der Waals surface area contributed by atoms with Crippen molar-refractivity contribution >= 4 is 11.7 Å². The van der Waals surface area contributed by atoms with E-state index in [1.54, 1.807) is 6.07 Å². The molecule has 202 valence electrons. The predicted molar refractivity (Wildman–Crippen MR) is 150 cm³/mol. The number of carbonyl (C=O) groups excluding carboxylic acids is 1. The number of aromatic hydroxyl groups is 1. The lowest BCUT2D eigenvalue weighted by molar-refractivity contribution is 0.0897. The van der Waals surface area contributed by atoms with Gasteiger partial charge in [0.1, 0.15) is 11.1 Å². The number of fused-ring (bicyclic) bond motifs is 1. The molecule has 1 aliphatic heterocycles. The Bertz CT molecular complexity index is 909. The van der Waals surface area contributed by atoms with Gasteiger partial charge in [-0.05, 0) is 25.0 Å². The van der Waals surface area contributed by atoms with Gasteiger partial charge in [0.05, 0.1) is 10.9 Å². The van der Waals surface area contributed by atoms with Crippen LogP contribution in [-0.4, -0.2) is 16.8 Å². The maximum atomic E-state index is 13.6. The van der Waals surface area contributed by atoms with E-state index in [1.807, 2.05) is 0 Å². The van der Waals surface area contributed by atoms with Crippen molar-refractivity contribution in [3.63, 3.8) is 0 Å². The maximum Gasteiger partial charge on any atom is 0.243 e. The Balaban J connectivity index is 1.87. The van der Waals surface area contributed by atoms with Gasteiger partial charge >= 0.3 is 0 Å². The molecule has 1 aliphatic rings. The Morgan fingerprint density at radius 1 is 0.722 bits per heavy atom. The van der Waals surface area contributed by atoms with Gasteiger partial charge in [-0.2, -0.15) is 0 Å². The van der Waals surface area contributed by atoms with Crippen molar-refractivity contribution in [2.24, 2.45) is 15.9 Å². The normalized spacial score (nSPS) is 13.3. The van der Waals surface area contributed by atoms with Crippen LogP contribution in [0.2, 0.25) is 0 Å². The lowest BCUT2D eigenvalue weighted by atomic mass is 9.87. The first-order chi connectivity index (χ1) is 17.6. The fourth-order valence-electron chi connectivity index (χ4n) is 5.27. The zero-order chi connectivity index (χ0) is 26.0. The number of phenolic OH excluding ortho intramolecular Hbond substituents is 1. The fourth-order valence-corrected chi connectivity index (χ4v) is 5.27. The Morgan fingerprint density at radius 3 is 1.64 bits per heavy atom. The average molecular weight is 498 g/mol. The number of guanidine groups is 1. The van der Waals surface area contributed by atoms with Gasteiger partial charge in [-0.15, -0.1) is 0 Å². The van der Waals surface area contributed by atoms with Gasteiger partial charge in [0.25, 0.3) is 0 Å². The average Bonchev–Trinajstić information content (AvgIpc) is 3.25. The third-order valence-electron chi connectivity index (χ3n) is 7.51. The minimum Gasteiger partial charge on any atom is -0.507 e. The highest BCUT2D eigenvalue weighted by Gasteiger charge is 2.25. The number of carbonyl (C=O) groups is 1. The number of rotatable bonds is 22. The zero-order valence-electron chi connectivity index (χ0n) is 23.1. The molecule has 0 aromatic heterocycles. The van der Waals surface area contributed by atoms with Crippen LogP contribution in [0.5, 0.6) is 5.75 Å². The summed E-state index contributed by atoms with van der Waals surface area (Å²) >= 11 is 0. The van der Waals surface area contributed by atoms with Crippen LogP contribution in [0.3, 0.4) is 0 Å². The standard InChI is InChI=1S/C31H51N3O2/c1-3-5-7-9-11-13-14-16-18-20-22-25(21-19-17-15-12-10-8-6-4-2)30(36)28-27(35)24-23-26-29(28)34-31(32)33-26/h23-25,32,35H,3-22H2,1-2H3. The highest BCUT2D eigenvalue weighted by atomic mass is 16.3. The highest BCUT2D eigenvalue weighted by Crippen LogP contribution is 2.25. The Morgan fingerprint density at radius 2 is 1.17 bits per heavy atom. The molecule has 2 N–H and O–H groups in total. The molecule has 2 rings (SSSR count). The monoisotopic (exact) mass is 497 g/mol. The minimum atomic E-state index is -0.0982. The van der Waals surface area contributed by atoms with E-state index in [1.165, 1.54) is 102 Å². The number of benzene rings is 1. The molecule has 0 bridgehead atoms. The predicted octanol–water partition coefficient (Wildman–Crippen LogP) is 8.22. The lowest BCUT2D eigenvalue weighted by Crippen LogP contribution is -2.31. The van der Waals surface area contributed by atoms with Crippen molar-refractivity contribution in [3.8, 4) is 5.75 Å². The van der Waals surface area contributed by atoms with E-state index < -0.39 is 0 Å². The number of Topliss-reactive ketones (excluding diaryl/α,β-unsaturated/α-hetero) is 1. The fraction of sp³-hybridized carbons (Fsp3) is 0.742. The van der Waals surface area contributed by atoms with E-state index in [2.05, 4.69) is 23.8 Å². The van der Waals surface area contributed by atoms with E-state index in [-0.39, 0.29) is 29.0 Å². The first-order valence-corrected chi connectivity index (χ1v) is 15.0. The molecule has 0 spiro atoms. The lowest BCUT2D eigenvalue weighted by Gasteiger charge is -2.17. The summed E-state index contributed by atoms with van der Waals surface area (Å²) in [5, 5.41) is 19.2. The molecule has 5 nitrogen and oxygen atoms in total. The molecule has 1 unspecified atom stereocenters. The van der Waals surface area contributed by atoms with Gasteiger partial charge in [0, 0.05) is 5.92 Å². The maximum absolute atomic E-state index is 13.6. The van der Waals surface area contributed by atoms with Crippen LogP contribution in [0.4, 0.5) is 0 Å². The first-order valence-electron chi connectivity index (χ1n) is 15.0. The SMILES string of the molecule is CCCCCCCCCCCCC(CCCCCCCCCC)C(=O)c1c(O)ccc2c1=NC(=N)N=2. The Kier molecular flexibility index (Phi) is 15.3. The van der Waals surface area contributed by atoms with E-state index >= 15 is 0 Å². The van der Waals surface area contributed by atoms with Crippen LogP contribution in [0.15, 0.2) is 22.1 Å². The summed E-state index contributed by atoms with van der Waals surface area (Å²) in [7, 11) is 0. The third-order valence-corrected chi connectivity index (χ3v) is 7.51. The second-order valence-corrected chi connectivity index (χ2v) is 10.7. The van der Waals surface area contributed by atoms with Crippen molar-refractivity contribution < 1.29 is 9.90 Å². The molecule has 0 saturated heterocycles. The van der Waals surface area contributed by atoms with E-state index in [0.717, 1.165) is 32.1 Å². The summed E-state index contributed by atoms with van der Waals surface area (Å²) in [6.45, 7) is 4.50. The molecule has 1 aromatic rings. The van der Waals surface area contributed by atoms with Gasteiger partial charge < -0.3 is 5.11 Å². The van der Waals surface area contributed by atoms with Gasteiger partial charge in [-0.25, -0.2) is 9.98 Å². The van der Waals surface area contributed by atoms with Gasteiger partial charge in [0.15, 0.2) is 5.78 Å². The summed E-state index contributed by atoms with van der Waals surface area (Å²) in [5.74, 6) is -0.242. The zero-order valence-corrected chi connectivity index (χ0v) is 23.1. The summed E-state index contributed by atoms with van der Waals surface area (Å²) in [5.41, 5.74) is 0.273. The Hall–Kier alpha value is -2.04. The Labute approximate surface area is 219 Å². The molecule has 0 radical (unpaired) electrons. The van der Waals surface area contributed by atoms with Crippen LogP contribution < -0.4 is 10.7 Å². The molecule has 1 atom stereocenters. The topological polar surface area (TPSA) is 85.9 Å². The van der Waals surface area contributed by atoms with Gasteiger partial charge in [-0.1, -0.05) is 129 Å². The molecule has 1 heterocycles. The van der Waals surface area contributed by atoms with Crippen molar-refractivity contribution in [2.45, 2.75) is 142 Å². The number of nitrogens with one attached hydrogen (secondary N) is 1. The van der Waals surface area contributed by atoms with E-state index in [0.29, 0.717) is 10.7 Å². The number of hydrogen-bond acceptors (Lipinski definition) is 3. The minimum absolute atomic E-state index is 0.0168. The van der Waals surface area contributed by atoms with Gasteiger partial charge in [0.2, 0.25) is 5.96 Å². The second-order valence-electron chi connectivity index (χ2n) is 10.7. The first kappa shape index (κ1) is 30.2. The summed E-state index contributed by atoms with van der Waals surface area (Å²) < 4.78 is 0. The molecule has 36 heavy (non-hydrogen) atoms. The van der Waals surface area contributed by atoms with Crippen molar-refractivity contribution in [2.75, 3.05) is 0 Å². The molecular weight excluding hydrogens is 446 g/mol. The van der Waals surface area contributed by atoms with E-state index in [9.17, 15) is 9.90 Å².